The Morgan fingerprint density at radius 3 is 1.31 bits per heavy atom. The first-order chi connectivity index (χ1) is 34.5. The first-order valence-electron chi connectivity index (χ1n) is 29.4. The van der Waals surface area contributed by atoms with Gasteiger partial charge in [-0.05, 0) is 83.5 Å². The van der Waals surface area contributed by atoms with Gasteiger partial charge in [-0.3, -0.25) is 9.36 Å². The number of carbonyl (C=O) groups is 1. The molecule has 0 bridgehead atoms. The maximum atomic E-state index is 13.0. The Labute approximate surface area is 439 Å². The molecule has 8 nitrogen and oxygen atoms in total. The Morgan fingerprint density at radius 2 is 0.873 bits per heavy atom. The number of phosphoric acid groups is 1. The lowest BCUT2D eigenvalue weighted by Crippen LogP contribution is -2.45. The van der Waals surface area contributed by atoms with Gasteiger partial charge in [-0.1, -0.05) is 247 Å². The fraction of sp³-hybridized carbons (Fsp3) is 0.758. The third-order valence-electron chi connectivity index (χ3n) is 12.8. The molecule has 0 radical (unpaired) electrons. The molecule has 0 fully saturated rings. The molecule has 0 saturated heterocycles. The number of carbonyl (C=O) groups excluding carboxylic acids is 1. The van der Waals surface area contributed by atoms with Crippen molar-refractivity contribution in [3.05, 3.63) is 85.1 Å². The van der Waals surface area contributed by atoms with Gasteiger partial charge < -0.3 is 28.8 Å². The normalized spacial score (nSPS) is 14.5. The summed E-state index contributed by atoms with van der Waals surface area (Å²) in [7, 11) is 1.23. The third-order valence-corrected chi connectivity index (χ3v) is 13.8. The molecule has 0 aromatic heterocycles. The van der Waals surface area contributed by atoms with Crippen molar-refractivity contribution in [3.8, 4) is 0 Å². The average molecular weight is 1010 g/mol. The lowest BCUT2D eigenvalue weighted by Gasteiger charge is -2.29. The molecule has 1 amide bonds. The maximum absolute atomic E-state index is 13.0. The van der Waals surface area contributed by atoms with E-state index in [1.807, 2.05) is 27.2 Å². The molecule has 0 aromatic rings. The van der Waals surface area contributed by atoms with Crippen LogP contribution in [-0.2, 0) is 18.4 Å². The number of likely N-dealkylation sites (N-methyl/N-ethyl adjacent to an activating group) is 1. The Hall–Kier alpha value is -2.32. The lowest BCUT2D eigenvalue weighted by atomic mass is 10.0. The number of hydrogen-bond acceptors (Lipinski definition) is 6. The van der Waals surface area contributed by atoms with E-state index < -0.39 is 26.6 Å². The summed E-state index contributed by atoms with van der Waals surface area (Å²) in [4.78, 5) is 25.5. The van der Waals surface area contributed by atoms with Gasteiger partial charge in [-0.15, -0.1) is 0 Å². The van der Waals surface area contributed by atoms with E-state index in [0.717, 1.165) is 70.6 Å². The molecule has 0 heterocycles. The number of aliphatic hydroxyl groups is 1. The number of nitrogens with one attached hydrogen (secondary N) is 1. The highest BCUT2D eigenvalue weighted by Gasteiger charge is 2.23. The number of allylic oxidation sites excluding steroid dienone is 13. The Bertz CT molecular complexity index is 1430. The van der Waals surface area contributed by atoms with Crippen LogP contribution in [0.2, 0.25) is 0 Å². The third kappa shape index (κ3) is 55.3. The van der Waals surface area contributed by atoms with Crippen LogP contribution >= 0.6 is 7.82 Å². The second-order valence-corrected chi connectivity index (χ2v) is 22.4. The van der Waals surface area contributed by atoms with Gasteiger partial charge in [0.2, 0.25) is 5.91 Å². The van der Waals surface area contributed by atoms with Crippen molar-refractivity contribution in [1.82, 2.24) is 5.32 Å². The van der Waals surface area contributed by atoms with Crippen molar-refractivity contribution in [1.29, 1.82) is 0 Å². The number of hydrogen-bond donors (Lipinski definition) is 2. The van der Waals surface area contributed by atoms with E-state index in [1.54, 1.807) is 6.08 Å². The molecule has 71 heavy (non-hydrogen) atoms. The number of rotatable bonds is 53. The van der Waals surface area contributed by atoms with E-state index >= 15 is 0 Å². The average Bonchev–Trinajstić information content (AvgIpc) is 3.33. The number of unbranched alkanes of at least 4 members (excludes halogenated alkanes) is 28. The van der Waals surface area contributed by atoms with E-state index in [0.29, 0.717) is 17.4 Å². The van der Waals surface area contributed by atoms with Crippen molar-refractivity contribution in [2.24, 2.45) is 0 Å². The predicted molar refractivity (Wildman–Crippen MR) is 307 cm³/mol. The molecule has 0 rings (SSSR count). The molecule has 2 N–H and O–H groups in total. The summed E-state index contributed by atoms with van der Waals surface area (Å²) in [6, 6.07) is -0.915. The summed E-state index contributed by atoms with van der Waals surface area (Å²) in [5.74, 6) is -0.213. The summed E-state index contributed by atoms with van der Waals surface area (Å²) in [5, 5.41) is 13.9. The standard InChI is InChI=1S/C62H113N2O6P/c1-6-8-10-12-14-16-18-20-22-24-26-28-30-31-32-33-34-36-38-40-42-44-46-48-50-52-54-56-62(66)63-60(59-70-71(67,68)69-58-57-64(3,4)5)61(65)55-53-51-49-47-45-43-41-39-37-35-29-27-25-23-21-19-17-15-13-11-9-7-2/h8,10,14,16,20,22,26,28,37,39,45,47,53,55,60-61,65H,6-7,9,11-13,15,17-19,21,23-25,27,29-36,38,40-44,46,48-52,54,56-59H2,1-5H3,(H-,63,66,67,68)/b10-8-,16-14-,22-20-,28-26-,39-37+,47-45+,55-53+. The lowest BCUT2D eigenvalue weighted by molar-refractivity contribution is -0.870. The highest BCUT2D eigenvalue weighted by atomic mass is 31.2. The van der Waals surface area contributed by atoms with Crippen LogP contribution in [0.1, 0.15) is 251 Å². The summed E-state index contributed by atoms with van der Waals surface area (Å²) in [6.07, 6.45) is 73.8. The van der Waals surface area contributed by atoms with Crippen LogP contribution in [0, 0.1) is 0 Å². The molecule has 412 valence electrons. The van der Waals surface area contributed by atoms with E-state index in [4.69, 9.17) is 9.05 Å². The largest absolute Gasteiger partial charge is 0.756 e. The SMILES string of the molecule is CC/C=C\C/C=C\C/C=C\C/C=C\CCCCCCCCCCCCCCCCC(=O)NC(COP(=O)([O-])OCC[N+](C)(C)C)C(O)/C=C/CC/C=C/CC/C=C/CCCCCCCCCCCCCC. The van der Waals surface area contributed by atoms with Crippen LogP contribution in [0.25, 0.3) is 0 Å². The fourth-order valence-corrected chi connectivity index (χ4v) is 8.96. The number of amides is 1. The van der Waals surface area contributed by atoms with Crippen LogP contribution in [0.3, 0.4) is 0 Å². The molecule has 0 aromatic carbocycles. The first-order valence-corrected chi connectivity index (χ1v) is 30.9. The monoisotopic (exact) mass is 1010 g/mol. The molecule has 0 spiro atoms. The number of nitrogens with zero attached hydrogens (tertiary/aromatic N) is 1. The quantitative estimate of drug-likeness (QED) is 0.0272. The number of quaternary nitrogens is 1. The Balaban J connectivity index is 4.26. The van der Waals surface area contributed by atoms with Crippen LogP contribution in [0.15, 0.2) is 85.1 Å². The van der Waals surface area contributed by atoms with E-state index in [9.17, 15) is 19.4 Å². The van der Waals surface area contributed by atoms with Gasteiger partial charge in [0.15, 0.2) is 0 Å². The van der Waals surface area contributed by atoms with E-state index in [1.165, 1.54) is 161 Å². The molecule has 3 atom stereocenters. The summed E-state index contributed by atoms with van der Waals surface area (Å²) in [5.41, 5.74) is 0. The van der Waals surface area contributed by atoms with Gasteiger partial charge >= 0.3 is 0 Å². The van der Waals surface area contributed by atoms with Gasteiger partial charge in [0.25, 0.3) is 7.82 Å². The fourth-order valence-electron chi connectivity index (χ4n) is 8.24. The van der Waals surface area contributed by atoms with E-state index in [-0.39, 0.29) is 12.5 Å². The second-order valence-electron chi connectivity index (χ2n) is 20.9. The summed E-state index contributed by atoms with van der Waals surface area (Å²) < 4.78 is 23.3. The summed E-state index contributed by atoms with van der Waals surface area (Å²) >= 11 is 0. The smallest absolute Gasteiger partial charge is 0.268 e. The van der Waals surface area contributed by atoms with Crippen LogP contribution in [0.5, 0.6) is 0 Å². The highest BCUT2D eigenvalue weighted by Crippen LogP contribution is 2.38. The zero-order valence-corrected chi connectivity index (χ0v) is 47.8. The minimum absolute atomic E-state index is 0.0119. The van der Waals surface area contributed by atoms with Crippen molar-refractivity contribution in [2.75, 3.05) is 40.9 Å². The molecule has 0 saturated carbocycles. The molecule has 0 aliphatic rings. The molecule has 0 aliphatic carbocycles. The van der Waals surface area contributed by atoms with Gasteiger partial charge in [-0.25, -0.2) is 0 Å². The van der Waals surface area contributed by atoms with Crippen molar-refractivity contribution >= 4 is 13.7 Å². The van der Waals surface area contributed by atoms with Gasteiger partial charge in [-0.2, -0.15) is 0 Å². The van der Waals surface area contributed by atoms with Crippen LogP contribution in [0.4, 0.5) is 0 Å². The predicted octanol–water partition coefficient (Wildman–Crippen LogP) is 17.4. The topological polar surface area (TPSA) is 108 Å². The zero-order valence-electron chi connectivity index (χ0n) is 46.9. The van der Waals surface area contributed by atoms with Crippen molar-refractivity contribution < 1.29 is 32.9 Å². The van der Waals surface area contributed by atoms with Crippen molar-refractivity contribution in [2.45, 2.75) is 264 Å². The minimum atomic E-state index is -4.61. The molecular weight excluding hydrogens is 900 g/mol. The van der Waals surface area contributed by atoms with E-state index in [2.05, 4.69) is 92.1 Å². The second kappa shape index (κ2) is 52.5. The van der Waals surface area contributed by atoms with Crippen molar-refractivity contribution in [3.63, 3.8) is 0 Å². The Morgan fingerprint density at radius 1 is 0.507 bits per heavy atom. The number of phosphoric ester groups is 1. The molecule has 3 unspecified atom stereocenters. The number of aliphatic hydroxyl groups excluding tert-OH is 1. The van der Waals surface area contributed by atoms with Gasteiger partial charge in [0, 0.05) is 6.42 Å². The van der Waals surface area contributed by atoms with Gasteiger partial charge in [0.05, 0.1) is 39.9 Å². The Kier molecular flexibility index (Phi) is 50.8. The molecular formula is C62H113N2O6P. The molecule has 9 heteroatoms. The van der Waals surface area contributed by atoms with Gasteiger partial charge in [0.1, 0.15) is 13.2 Å². The highest BCUT2D eigenvalue weighted by molar-refractivity contribution is 7.45. The van der Waals surface area contributed by atoms with Crippen LogP contribution in [-0.4, -0.2) is 68.5 Å². The maximum Gasteiger partial charge on any atom is 0.268 e. The molecule has 0 aliphatic heterocycles. The first kappa shape index (κ1) is 68.7. The van der Waals surface area contributed by atoms with Crippen LogP contribution < -0.4 is 10.2 Å². The minimum Gasteiger partial charge on any atom is -0.756 e. The summed E-state index contributed by atoms with van der Waals surface area (Å²) in [6.45, 7) is 4.52. The zero-order chi connectivity index (χ0) is 52.0.